The maximum absolute atomic E-state index is 11.7. The summed E-state index contributed by atoms with van der Waals surface area (Å²) in [4.78, 5) is 25.8. The van der Waals surface area contributed by atoms with Crippen molar-refractivity contribution >= 4 is 11.6 Å². The first kappa shape index (κ1) is 12.0. The van der Waals surface area contributed by atoms with Crippen LogP contribution in [0.15, 0.2) is 9.59 Å². The van der Waals surface area contributed by atoms with Crippen molar-refractivity contribution in [3.8, 4) is 0 Å². The number of hydrogen-bond acceptors (Lipinski definition) is 2. The van der Waals surface area contributed by atoms with Crippen LogP contribution < -0.4 is 11.2 Å². The highest BCUT2D eigenvalue weighted by Crippen LogP contribution is 2.14. The normalized spacial score (nSPS) is 11.8. The summed E-state index contributed by atoms with van der Waals surface area (Å²) in [5.74, 6) is 0. The number of aryl methyl sites for hydroxylation is 1. The van der Waals surface area contributed by atoms with E-state index in [9.17, 15) is 9.59 Å². The van der Waals surface area contributed by atoms with Gasteiger partial charge in [-0.25, -0.2) is 4.79 Å². The number of aromatic amines is 1. The lowest BCUT2D eigenvalue weighted by Gasteiger charge is -2.19. The summed E-state index contributed by atoms with van der Waals surface area (Å²) in [6.07, 6.45) is 0. The van der Waals surface area contributed by atoms with E-state index in [1.165, 1.54) is 0 Å². The summed E-state index contributed by atoms with van der Waals surface area (Å²) in [5.41, 5.74) is -0.559. The molecule has 84 valence electrons. The number of rotatable bonds is 1. The van der Waals surface area contributed by atoms with Crippen LogP contribution in [-0.2, 0) is 6.54 Å². The Balaban J connectivity index is 3.38. The minimum atomic E-state index is -0.423. The zero-order chi connectivity index (χ0) is 11.8. The van der Waals surface area contributed by atoms with Crippen molar-refractivity contribution in [1.82, 2.24) is 9.55 Å². The standard InChI is InChI=1S/C10H15ClN2O2/c1-6-7(11)8(14)13(9(15)12-6)5-10(2,3)4/h5H2,1-4H3,(H,12,15). The molecule has 0 fully saturated rings. The Morgan fingerprint density at radius 3 is 2.33 bits per heavy atom. The smallest absolute Gasteiger partial charge is 0.310 e. The average Bonchev–Trinajstić information content (AvgIpc) is 2.07. The molecule has 1 N–H and O–H groups in total. The first-order chi connectivity index (χ1) is 6.72. The lowest BCUT2D eigenvalue weighted by atomic mass is 9.97. The molecule has 0 aliphatic carbocycles. The molecule has 1 aromatic heterocycles. The fraction of sp³-hybridized carbons (Fsp3) is 0.600. The summed E-state index contributed by atoms with van der Waals surface area (Å²) in [5, 5.41) is 0.0823. The van der Waals surface area contributed by atoms with Crippen molar-refractivity contribution in [2.75, 3.05) is 0 Å². The van der Waals surface area contributed by atoms with Crippen molar-refractivity contribution < 1.29 is 0 Å². The Kier molecular flexibility index (Phi) is 3.09. The topological polar surface area (TPSA) is 54.9 Å². The van der Waals surface area contributed by atoms with Crippen LogP contribution in [0.3, 0.4) is 0 Å². The molecule has 0 aromatic carbocycles. The monoisotopic (exact) mass is 230 g/mol. The van der Waals surface area contributed by atoms with E-state index in [4.69, 9.17) is 11.6 Å². The van der Waals surface area contributed by atoms with Gasteiger partial charge in [0, 0.05) is 12.2 Å². The maximum atomic E-state index is 11.7. The molecule has 0 saturated carbocycles. The largest absolute Gasteiger partial charge is 0.328 e. The Labute approximate surface area is 92.9 Å². The van der Waals surface area contributed by atoms with Gasteiger partial charge in [0.25, 0.3) is 5.56 Å². The highest BCUT2D eigenvalue weighted by Gasteiger charge is 2.16. The van der Waals surface area contributed by atoms with Gasteiger partial charge < -0.3 is 4.98 Å². The third-order valence-electron chi connectivity index (χ3n) is 1.93. The second-order valence-corrected chi connectivity index (χ2v) is 5.20. The van der Waals surface area contributed by atoms with Gasteiger partial charge in [-0.05, 0) is 12.3 Å². The van der Waals surface area contributed by atoms with Gasteiger partial charge in [0.1, 0.15) is 5.02 Å². The van der Waals surface area contributed by atoms with E-state index in [-0.39, 0.29) is 10.4 Å². The van der Waals surface area contributed by atoms with Crippen LogP contribution in [0.25, 0.3) is 0 Å². The van der Waals surface area contributed by atoms with E-state index in [1.54, 1.807) is 6.92 Å². The van der Waals surface area contributed by atoms with E-state index in [2.05, 4.69) is 4.98 Å². The molecule has 0 radical (unpaired) electrons. The predicted octanol–water partition coefficient (Wildman–Crippen LogP) is 1.54. The molecule has 15 heavy (non-hydrogen) atoms. The number of nitrogens with zero attached hydrogens (tertiary/aromatic N) is 1. The van der Waals surface area contributed by atoms with Gasteiger partial charge in [-0.1, -0.05) is 32.4 Å². The number of H-pyrrole nitrogens is 1. The molecular formula is C10H15ClN2O2. The quantitative estimate of drug-likeness (QED) is 0.796. The van der Waals surface area contributed by atoms with Crippen molar-refractivity contribution in [3.05, 3.63) is 31.6 Å². The Bertz CT molecular complexity index is 480. The highest BCUT2D eigenvalue weighted by molar-refractivity contribution is 6.30. The lowest BCUT2D eigenvalue weighted by Crippen LogP contribution is -2.39. The first-order valence-electron chi connectivity index (χ1n) is 4.71. The fourth-order valence-corrected chi connectivity index (χ4v) is 1.42. The zero-order valence-electron chi connectivity index (χ0n) is 9.35. The van der Waals surface area contributed by atoms with Crippen LogP contribution in [0.1, 0.15) is 26.5 Å². The predicted molar refractivity (Wildman–Crippen MR) is 60.5 cm³/mol. The molecule has 0 bridgehead atoms. The van der Waals surface area contributed by atoms with E-state index in [0.29, 0.717) is 12.2 Å². The number of nitrogens with one attached hydrogen (secondary N) is 1. The zero-order valence-corrected chi connectivity index (χ0v) is 10.1. The molecule has 0 unspecified atom stereocenters. The molecule has 5 heteroatoms. The minimum Gasteiger partial charge on any atom is -0.310 e. The van der Waals surface area contributed by atoms with Gasteiger partial charge in [-0.15, -0.1) is 0 Å². The molecule has 0 amide bonds. The van der Waals surface area contributed by atoms with Crippen LogP contribution in [0.4, 0.5) is 0 Å². The van der Waals surface area contributed by atoms with Crippen LogP contribution >= 0.6 is 11.6 Å². The van der Waals surface area contributed by atoms with E-state index < -0.39 is 11.2 Å². The van der Waals surface area contributed by atoms with Gasteiger partial charge in [0.15, 0.2) is 0 Å². The van der Waals surface area contributed by atoms with Gasteiger partial charge >= 0.3 is 5.69 Å². The Morgan fingerprint density at radius 1 is 1.33 bits per heavy atom. The Morgan fingerprint density at radius 2 is 1.87 bits per heavy atom. The molecule has 0 aliphatic heterocycles. The fourth-order valence-electron chi connectivity index (χ4n) is 1.27. The summed E-state index contributed by atoms with van der Waals surface area (Å²) in [7, 11) is 0. The molecule has 4 nitrogen and oxygen atoms in total. The van der Waals surface area contributed by atoms with E-state index in [1.807, 2.05) is 20.8 Å². The second kappa shape index (κ2) is 3.85. The number of halogens is 1. The lowest BCUT2D eigenvalue weighted by molar-refractivity contribution is 0.330. The van der Waals surface area contributed by atoms with Crippen molar-refractivity contribution in [2.24, 2.45) is 5.41 Å². The SMILES string of the molecule is Cc1[nH]c(=O)n(CC(C)(C)C)c(=O)c1Cl. The molecule has 1 heterocycles. The molecule has 0 saturated heterocycles. The van der Waals surface area contributed by atoms with Crippen molar-refractivity contribution in [1.29, 1.82) is 0 Å². The van der Waals surface area contributed by atoms with E-state index >= 15 is 0 Å². The van der Waals surface area contributed by atoms with Crippen molar-refractivity contribution in [3.63, 3.8) is 0 Å². The summed E-state index contributed by atoms with van der Waals surface area (Å²) >= 11 is 5.78. The van der Waals surface area contributed by atoms with E-state index in [0.717, 1.165) is 4.57 Å². The van der Waals surface area contributed by atoms with Crippen LogP contribution in [0.5, 0.6) is 0 Å². The second-order valence-electron chi connectivity index (χ2n) is 4.82. The molecular weight excluding hydrogens is 216 g/mol. The Hall–Kier alpha value is -1.03. The van der Waals surface area contributed by atoms with Gasteiger partial charge in [0.05, 0.1) is 0 Å². The molecule has 1 rings (SSSR count). The number of aromatic nitrogens is 2. The maximum Gasteiger partial charge on any atom is 0.328 e. The summed E-state index contributed by atoms with van der Waals surface area (Å²) in [6.45, 7) is 7.81. The molecule has 0 atom stereocenters. The minimum absolute atomic E-state index is 0.0823. The van der Waals surface area contributed by atoms with Crippen LogP contribution in [0, 0.1) is 12.3 Å². The average molecular weight is 231 g/mol. The number of hydrogen-bond donors (Lipinski definition) is 1. The molecule has 0 spiro atoms. The van der Waals surface area contributed by atoms with Crippen LogP contribution in [0.2, 0.25) is 5.02 Å². The summed E-state index contributed by atoms with van der Waals surface area (Å²) < 4.78 is 1.13. The third-order valence-corrected chi connectivity index (χ3v) is 2.38. The van der Waals surface area contributed by atoms with Crippen LogP contribution in [-0.4, -0.2) is 9.55 Å². The van der Waals surface area contributed by atoms with Crippen molar-refractivity contribution in [2.45, 2.75) is 34.2 Å². The summed E-state index contributed by atoms with van der Waals surface area (Å²) in [6, 6.07) is 0. The van der Waals surface area contributed by atoms with Gasteiger partial charge in [-0.2, -0.15) is 0 Å². The first-order valence-corrected chi connectivity index (χ1v) is 5.09. The van der Waals surface area contributed by atoms with Gasteiger partial charge in [-0.3, -0.25) is 9.36 Å². The molecule has 0 aliphatic rings. The van der Waals surface area contributed by atoms with Gasteiger partial charge in [0.2, 0.25) is 0 Å². The third kappa shape index (κ3) is 2.72. The highest BCUT2D eigenvalue weighted by atomic mass is 35.5. The molecule has 1 aromatic rings.